The van der Waals surface area contributed by atoms with E-state index in [1.807, 2.05) is 0 Å². The standard InChI is InChI=1S/C9H10FNO3S/c1-6-3-4-7(8(10)5-6)9(12)11-15(2,13)14/h3-5H,1-2H3,(H,11,12). The second-order valence-electron chi connectivity index (χ2n) is 3.19. The molecule has 1 N–H and O–H groups in total. The van der Waals surface area contributed by atoms with Crippen molar-refractivity contribution in [1.29, 1.82) is 0 Å². The normalized spacial score (nSPS) is 11.1. The number of rotatable bonds is 2. The van der Waals surface area contributed by atoms with Crippen molar-refractivity contribution >= 4 is 15.9 Å². The molecule has 15 heavy (non-hydrogen) atoms. The Morgan fingerprint density at radius 3 is 2.47 bits per heavy atom. The molecule has 1 rings (SSSR count). The predicted octanol–water partition coefficient (Wildman–Crippen LogP) is 0.824. The molecule has 0 fully saturated rings. The summed E-state index contributed by atoms with van der Waals surface area (Å²) in [5, 5.41) is 0. The molecule has 1 amide bonds. The number of aryl methyl sites for hydroxylation is 1. The SMILES string of the molecule is Cc1ccc(C(=O)NS(C)(=O)=O)c(F)c1. The third-order valence-corrected chi connectivity index (χ3v) is 2.20. The summed E-state index contributed by atoms with van der Waals surface area (Å²) in [6, 6.07) is 3.93. The molecule has 82 valence electrons. The summed E-state index contributed by atoms with van der Waals surface area (Å²) in [5.74, 6) is -1.70. The minimum Gasteiger partial charge on any atom is -0.268 e. The van der Waals surface area contributed by atoms with Gasteiger partial charge < -0.3 is 0 Å². The summed E-state index contributed by atoms with van der Waals surface area (Å²) in [4.78, 5) is 11.3. The van der Waals surface area contributed by atoms with Gasteiger partial charge in [0.05, 0.1) is 11.8 Å². The van der Waals surface area contributed by atoms with Gasteiger partial charge in [-0.1, -0.05) is 6.07 Å². The van der Waals surface area contributed by atoms with E-state index < -0.39 is 21.7 Å². The lowest BCUT2D eigenvalue weighted by Crippen LogP contribution is -2.30. The van der Waals surface area contributed by atoms with E-state index in [0.29, 0.717) is 5.56 Å². The molecule has 0 aromatic heterocycles. The first-order valence-electron chi connectivity index (χ1n) is 4.08. The van der Waals surface area contributed by atoms with Gasteiger partial charge in [0.1, 0.15) is 5.82 Å². The maximum Gasteiger partial charge on any atom is 0.267 e. The summed E-state index contributed by atoms with van der Waals surface area (Å²) in [7, 11) is -3.66. The fourth-order valence-corrected chi connectivity index (χ4v) is 1.47. The van der Waals surface area contributed by atoms with Crippen LogP contribution in [0.5, 0.6) is 0 Å². The fourth-order valence-electron chi connectivity index (χ4n) is 1.03. The topological polar surface area (TPSA) is 63.2 Å². The highest BCUT2D eigenvalue weighted by molar-refractivity contribution is 7.89. The number of hydrogen-bond acceptors (Lipinski definition) is 3. The molecule has 4 nitrogen and oxygen atoms in total. The molecule has 0 aliphatic carbocycles. The molecule has 0 atom stereocenters. The van der Waals surface area contributed by atoms with Crippen molar-refractivity contribution in [3.8, 4) is 0 Å². The van der Waals surface area contributed by atoms with E-state index in [9.17, 15) is 17.6 Å². The predicted molar refractivity (Wildman–Crippen MR) is 53.4 cm³/mol. The van der Waals surface area contributed by atoms with E-state index in [-0.39, 0.29) is 5.56 Å². The van der Waals surface area contributed by atoms with Crippen LogP contribution in [0.2, 0.25) is 0 Å². The van der Waals surface area contributed by atoms with E-state index >= 15 is 0 Å². The van der Waals surface area contributed by atoms with Crippen LogP contribution >= 0.6 is 0 Å². The number of carbonyl (C=O) groups is 1. The molecule has 6 heteroatoms. The average molecular weight is 231 g/mol. The minimum atomic E-state index is -3.66. The average Bonchev–Trinajstić information content (AvgIpc) is 1.99. The van der Waals surface area contributed by atoms with Crippen molar-refractivity contribution in [3.63, 3.8) is 0 Å². The van der Waals surface area contributed by atoms with Crippen molar-refractivity contribution < 1.29 is 17.6 Å². The Morgan fingerprint density at radius 1 is 1.40 bits per heavy atom. The molecular formula is C9H10FNO3S. The van der Waals surface area contributed by atoms with Crippen molar-refractivity contribution in [3.05, 3.63) is 35.1 Å². The Kier molecular flexibility index (Phi) is 3.09. The number of sulfonamides is 1. The lowest BCUT2D eigenvalue weighted by atomic mass is 10.1. The van der Waals surface area contributed by atoms with Crippen molar-refractivity contribution in [2.45, 2.75) is 6.92 Å². The molecule has 0 bridgehead atoms. The van der Waals surface area contributed by atoms with Gasteiger partial charge in [-0.15, -0.1) is 0 Å². The van der Waals surface area contributed by atoms with Crippen LogP contribution in [-0.4, -0.2) is 20.6 Å². The first-order valence-corrected chi connectivity index (χ1v) is 5.97. The van der Waals surface area contributed by atoms with Crippen LogP contribution in [-0.2, 0) is 10.0 Å². The first-order chi connectivity index (χ1) is 6.79. The van der Waals surface area contributed by atoms with E-state index in [4.69, 9.17) is 0 Å². The van der Waals surface area contributed by atoms with Crippen molar-refractivity contribution in [2.75, 3.05) is 6.26 Å². The lowest BCUT2D eigenvalue weighted by molar-refractivity contribution is 0.0978. The molecule has 0 heterocycles. The number of nitrogens with one attached hydrogen (secondary N) is 1. The molecule has 1 aromatic rings. The van der Waals surface area contributed by atoms with Crippen LogP contribution in [0, 0.1) is 12.7 Å². The number of halogens is 1. The van der Waals surface area contributed by atoms with Gasteiger partial charge in [0.15, 0.2) is 0 Å². The monoisotopic (exact) mass is 231 g/mol. The van der Waals surface area contributed by atoms with Crippen molar-refractivity contribution in [1.82, 2.24) is 4.72 Å². The molecule has 0 aliphatic rings. The maximum absolute atomic E-state index is 13.2. The van der Waals surface area contributed by atoms with Crippen LogP contribution < -0.4 is 4.72 Å². The van der Waals surface area contributed by atoms with E-state index in [2.05, 4.69) is 0 Å². The number of amides is 1. The van der Waals surface area contributed by atoms with Crippen molar-refractivity contribution in [2.24, 2.45) is 0 Å². The van der Waals surface area contributed by atoms with E-state index in [0.717, 1.165) is 12.3 Å². The Morgan fingerprint density at radius 2 is 2.00 bits per heavy atom. The fraction of sp³-hybridized carbons (Fsp3) is 0.222. The van der Waals surface area contributed by atoms with Gasteiger partial charge in [-0.2, -0.15) is 0 Å². The number of carbonyl (C=O) groups excluding carboxylic acids is 1. The Labute approximate surface area is 87.2 Å². The summed E-state index contributed by atoms with van der Waals surface area (Å²) in [5.41, 5.74) is 0.370. The van der Waals surface area contributed by atoms with Gasteiger partial charge in [0.25, 0.3) is 5.91 Å². The van der Waals surface area contributed by atoms with Gasteiger partial charge >= 0.3 is 0 Å². The molecule has 0 spiro atoms. The highest BCUT2D eigenvalue weighted by atomic mass is 32.2. The molecule has 0 radical (unpaired) electrons. The summed E-state index contributed by atoms with van der Waals surface area (Å²) in [6.07, 6.45) is 0.830. The Balaban J connectivity index is 3.02. The van der Waals surface area contributed by atoms with Gasteiger partial charge in [-0.3, -0.25) is 4.79 Å². The van der Waals surface area contributed by atoms with E-state index in [1.165, 1.54) is 12.1 Å². The minimum absolute atomic E-state index is 0.286. The largest absolute Gasteiger partial charge is 0.268 e. The molecule has 0 saturated carbocycles. The smallest absolute Gasteiger partial charge is 0.267 e. The van der Waals surface area contributed by atoms with Crippen LogP contribution in [0.3, 0.4) is 0 Å². The number of hydrogen-bond donors (Lipinski definition) is 1. The van der Waals surface area contributed by atoms with Gasteiger partial charge in [0, 0.05) is 0 Å². The molecule has 1 aromatic carbocycles. The lowest BCUT2D eigenvalue weighted by Gasteiger charge is -2.04. The molecule has 0 aliphatic heterocycles. The third kappa shape index (κ3) is 3.32. The zero-order valence-corrected chi connectivity index (χ0v) is 9.06. The van der Waals surface area contributed by atoms with Gasteiger partial charge in [-0.05, 0) is 24.6 Å². The summed E-state index contributed by atoms with van der Waals surface area (Å²) < 4.78 is 36.4. The maximum atomic E-state index is 13.2. The quantitative estimate of drug-likeness (QED) is 0.819. The summed E-state index contributed by atoms with van der Waals surface area (Å²) in [6.45, 7) is 1.67. The van der Waals surface area contributed by atoms with Crippen LogP contribution in [0.25, 0.3) is 0 Å². The molecular weight excluding hydrogens is 221 g/mol. The highest BCUT2D eigenvalue weighted by Gasteiger charge is 2.14. The molecule has 0 saturated heterocycles. The van der Waals surface area contributed by atoms with Crippen LogP contribution in [0.1, 0.15) is 15.9 Å². The van der Waals surface area contributed by atoms with Crippen LogP contribution in [0.15, 0.2) is 18.2 Å². The Hall–Kier alpha value is -1.43. The third-order valence-electron chi connectivity index (χ3n) is 1.65. The number of benzene rings is 1. The first kappa shape index (κ1) is 11.6. The highest BCUT2D eigenvalue weighted by Crippen LogP contribution is 2.09. The zero-order valence-electron chi connectivity index (χ0n) is 8.24. The zero-order chi connectivity index (χ0) is 11.6. The second-order valence-corrected chi connectivity index (χ2v) is 4.94. The van der Waals surface area contributed by atoms with E-state index in [1.54, 1.807) is 11.6 Å². The van der Waals surface area contributed by atoms with Crippen LogP contribution in [0.4, 0.5) is 4.39 Å². The molecule has 0 unspecified atom stereocenters. The van der Waals surface area contributed by atoms with Gasteiger partial charge in [-0.25, -0.2) is 17.5 Å². The Bertz CT molecular complexity index is 496. The summed E-state index contributed by atoms with van der Waals surface area (Å²) >= 11 is 0. The van der Waals surface area contributed by atoms with Gasteiger partial charge in [0.2, 0.25) is 10.0 Å². The second kappa shape index (κ2) is 3.98.